The number of thiocarbonyl (C=S) groups is 1. The summed E-state index contributed by atoms with van der Waals surface area (Å²) in [6, 6.07) is 13.5. The molecule has 1 fully saturated rings. The van der Waals surface area contributed by atoms with Gasteiger partial charge in [0, 0.05) is 13.0 Å². The fourth-order valence-electron chi connectivity index (χ4n) is 3.04. The van der Waals surface area contributed by atoms with Crippen molar-refractivity contribution in [1.29, 1.82) is 0 Å². The smallest absolute Gasteiger partial charge is 0.303 e. The van der Waals surface area contributed by atoms with Crippen molar-refractivity contribution < 1.29 is 24.2 Å². The van der Waals surface area contributed by atoms with E-state index in [2.05, 4.69) is 15.9 Å². The average molecular weight is 536 g/mol. The van der Waals surface area contributed by atoms with Crippen molar-refractivity contribution in [3.05, 3.63) is 63.0 Å². The summed E-state index contributed by atoms with van der Waals surface area (Å²) in [4.78, 5) is 25.4. The number of rotatable bonds is 10. The van der Waals surface area contributed by atoms with Crippen LogP contribution >= 0.6 is 39.9 Å². The van der Waals surface area contributed by atoms with Crippen molar-refractivity contribution in [2.75, 3.05) is 13.2 Å². The predicted octanol–water partition coefficient (Wildman–Crippen LogP) is 5.49. The number of ether oxygens (including phenoxy) is 2. The molecule has 0 saturated carbocycles. The van der Waals surface area contributed by atoms with Crippen molar-refractivity contribution >= 4 is 62.2 Å². The first-order valence-electron chi connectivity index (χ1n) is 9.99. The molecule has 2 aromatic carbocycles. The lowest BCUT2D eigenvalue weighted by Gasteiger charge is -2.15. The van der Waals surface area contributed by atoms with Gasteiger partial charge in [-0.25, -0.2) is 0 Å². The molecule has 0 bridgehead atoms. The Labute approximate surface area is 204 Å². The molecule has 0 aliphatic carbocycles. The first kappa shape index (κ1) is 24.3. The molecule has 0 unspecified atom stereocenters. The van der Waals surface area contributed by atoms with E-state index >= 15 is 0 Å². The lowest BCUT2D eigenvalue weighted by molar-refractivity contribution is -0.137. The number of benzene rings is 2. The molecule has 0 radical (unpaired) electrons. The number of hydrogen-bond donors (Lipinski definition) is 1. The van der Waals surface area contributed by atoms with Gasteiger partial charge in [-0.15, -0.1) is 0 Å². The zero-order chi connectivity index (χ0) is 23.1. The van der Waals surface area contributed by atoms with E-state index in [-0.39, 0.29) is 18.9 Å². The number of carboxylic acids is 1. The number of carbonyl (C=O) groups is 2. The molecule has 0 aromatic heterocycles. The van der Waals surface area contributed by atoms with E-state index in [1.165, 1.54) is 16.7 Å². The molecule has 6 nitrogen and oxygen atoms in total. The minimum atomic E-state index is -0.895. The SMILES string of the molecule is CCOc1cc(/C=C2\SC(=S)N(CCCC(=O)O)C2=O)cc(Br)c1OCc1ccccc1. The number of thioether (sulfide) groups is 1. The van der Waals surface area contributed by atoms with Crippen molar-refractivity contribution in [3.8, 4) is 11.5 Å². The Morgan fingerprint density at radius 2 is 2.00 bits per heavy atom. The Kier molecular flexibility index (Phi) is 8.72. The summed E-state index contributed by atoms with van der Waals surface area (Å²) >= 11 is 10.1. The molecule has 1 amide bonds. The van der Waals surface area contributed by atoms with Gasteiger partial charge in [0.1, 0.15) is 10.9 Å². The molecule has 1 N–H and O–H groups in total. The molecular weight excluding hydrogens is 514 g/mol. The Morgan fingerprint density at radius 3 is 2.69 bits per heavy atom. The molecule has 1 aliphatic heterocycles. The van der Waals surface area contributed by atoms with Crippen LogP contribution in [0.3, 0.4) is 0 Å². The Bertz CT molecular complexity index is 1040. The van der Waals surface area contributed by atoms with E-state index in [9.17, 15) is 9.59 Å². The molecule has 32 heavy (non-hydrogen) atoms. The summed E-state index contributed by atoms with van der Waals surface area (Å²) in [5.74, 6) is 0.0489. The maximum Gasteiger partial charge on any atom is 0.303 e. The molecule has 2 aromatic rings. The number of aliphatic carboxylic acids is 1. The maximum absolute atomic E-state index is 12.8. The van der Waals surface area contributed by atoms with Crippen LogP contribution in [0.4, 0.5) is 0 Å². The van der Waals surface area contributed by atoms with Crippen LogP contribution < -0.4 is 9.47 Å². The number of carbonyl (C=O) groups excluding carboxylic acids is 1. The van der Waals surface area contributed by atoms with Gasteiger partial charge in [-0.2, -0.15) is 0 Å². The molecule has 9 heteroatoms. The normalized spacial score (nSPS) is 14.8. The van der Waals surface area contributed by atoms with Crippen LogP contribution in [0.15, 0.2) is 51.8 Å². The van der Waals surface area contributed by atoms with Gasteiger partial charge in [-0.1, -0.05) is 54.3 Å². The highest BCUT2D eigenvalue weighted by Gasteiger charge is 2.31. The molecular formula is C23H22BrNO5S2. The van der Waals surface area contributed by atoms with Crippen molar-refractivity contribution in [3.63, 3.8) is 0 Å². The van der Waals surface area contributed by atoms with Gasteiger partial charge in [-0.05, 0) is 58.6 Å². The molecule has 1 saturated heterocycles. The van der Waals surface area contributed by atoms with Crippen LogP contribution in [0.5, 0.6) is 11.5 Å². The standard InChI is InChI=1S/C23H22BrNO5S2/c1-2-29-18-12-16(11-17(24)21(18)30-14-15-7-4-3-5-8-15)13-19-22(28)25(23(31)32-19)10-6-9-20(26)27/h3-5,7-8,11-13H,2,6,9-10,14H2,1H3,(H,26,27)/b19-13-. The van der Waals surface area contributed by atoms with E-state index in [1.54, 1.807) is 6.08 Å². The third-order valence-corrected chi connectivity index (χ3v) is 6.47. The summed E-state index contributed by atoms with van der Waals surface area (Å²) in [6.45, 7) is 3.04. The summed E-state index contributed by atoms with van der Waals surface area (Å²) in [5, 5.41) is 8.81. The number of amides is 1. The first-order chi connectivity index (χ1) is 15.4. The van der Waals surface area contributed by atoms with E-state index in [0.717, 1.165) is 11.1 Å². The largest absolute Gasteiger partial charge is 0.490 e. The quantitative estimate of drug-likeness (QED) is 0.318. The molecule has 0 spiro atoms. The van der Waals surface area contributed by atoms with Gasteiger partial charge in [0.15, 0.2) is 11.5 Å². The fourth-order valence-corrected chi connectivity index (χ4v) is 4.92. The van der Waals surface area contributed by atoms with Crippen molar-refractivity contribution in [2.24, 2.45) is 0 Å². The first-order valence-corrected chi connectivity index (χ1v) is 12.0. The summed E-state index contributed by atoms with van der Waals surface area (Å²) in [6.07, 6.45) is 2.10. The lowest BCUT2D eigenvalue weighted by Crippen LogP contribution is -2.29. The van der Waals surface area contributed by atoms with Gasteiger partial charge in [0.05, 0.1) is 16.0 Å². The molecule has 0 atom stereocenters. The number of nitrogens with zero attached hydrogens (tertiary/aromatic N) is 1. The fraction of sp³-hybridized carbons (Fsp3) is 0.261. The van der Waals surface area contributed by atoms with Crippen molar-refractivity contribution in [2.45, 2.75) is 26.4 Å². The van der Waals surface area contributed by atoms with Gasteiger partial charge >= 0.3 is 5.97 Å². The van der Waals surface area contributed by atoms with Crippen LogP contribution in [0.2, 0.25) is 0 Å². The second-order valence-electron chi connectivity index (χ2n) is 6.87. The topological polar surface area (TPSA) is 76.1 Å². The second-order valence-corrected chi connectivity index (χ2v) is 9.40. The van der Waals surface area contributed by atoms with Crippen LogP contribution in [-0.2, 0) is 16.2 Å². The van der Waals surface area contributed by atoms with Gasteiger partial charge in [0.25, 0.3) is 5.91 Å². The highest BCUT2D eigenvalue weighted by molar-refractivity contribution is 9.10. The monoisotopic (exact) mass is 535 g/mol. The summed E-state index contributed by atoms with van der Waals surface area (Å²) in [5.41, 5.74) is 1.80. The van der Waals surface area contributed by atoms with Gasteiger partial charge < -0.3 is 14.6 Å². The van der Waals surface area contributed by atoms with Gasteiger partial charge in [0.2, 0.25) is 0 Å². The van der Waals surface area contributed by atoms with E-state index in [0.29, 0.717) is 44.8 Å². The molecule has 1 heterocycles. The van der Waals surface area contributed by atoms with Crippen molar-refractivity contribution in [1.82, 2.24) is 4.90 Å². The third-order valence-electron chi connectivity index (χ3n) is 4.50. The Hall–Kier alpha value is -2.36. The van der Waals surface area contributed by atoms with Gasteiger partial charge in [-0.3, -0.25) is 14.5 Å². The Balaban J connectivity index is 1.79. The van der Waals surface area contributed by atoms with E-state index in [4.69, 9.17) is 26.8 Å². The Morgan fingerprint density at radius 1 is 1.25 bits per heavy atom. The number of carboxylic acid groups (broad SMARTS) is 1. The van der Waals surface area contributed by atoms with E-state index in [1.807, 2.05) is 49.4 Å². The zero-order valence-corrected chi connectivity index (χ0v) is 20.6. The summed E-state index contributed by atoms with van der Waals surface area (Å²) in [7, 11) is 0. The zero-order valence-electron chi connectivity index (χ0n) is 17.4. The minimum absolute atomic E-state index is 0.00872. The third kappa shape index (κ3) is 6.34. The average Bonchev–Trinajstić information content (AvgIpc) is 3.01. The lowest BCUT2D eigenvalue weighted by atomic mass is 10.1. The minimum Gasteiger partial charge on any atom is -0.490 e. The molecule has 3 rings (SSSR count). The highest BCUT2D eigenvalue weighted by Crippen LogP contribution is 2.39. The molecule has 1 aliphatic rings. The van der Waals surface area contributed by atoms with Crippen LogP contribution in [0, 0.1) is 0 Å². The van der Waals surface area contributed by atoms with Crippen LogP contribution in [-0.4, -0.2) is 39.4 Å². The van der Waals surface area contributed by atoms with E-state index < -0.39 is 5.97 Å². The highest BCUT2D eigenvalue weighted by atomic mass is 79.9. The molecule has 168 valence electrons. The van der Waals surface area contributed by atoms with Crippen LogP contribution in [0.25, 0.3) is 6.08 Å². The summed E-state index contributed by atoms with van der Waals surface area (Å²) < 4.78 is 12.9. The maximum atomic E-state index is 12.8. The number of halogens is 1. The predicted molar refractivity (Wildman–Crippen MR) is 133 cm³/mol. The number of hydrogen-bond acceptors (Lipinski definition) is 6. The van der Waals surface area contributed by atoms with Crippen LogP contribution in [0.1, 0.15) is 30.9 Å². The second kappa shape index (κ2) is 11.5.